The van der Waals surface area contributed by atoms with E-state index in [1.165, 1.54) is 18.2 Å². The van der Waals surface area contributed by atoms with Gasteiger partial charge in [0.05, 0.1) is 0 Å². The molecule has 21 heavy (non-hydrogen) atoms. The molecule has 5 heteroatoms. The Bertz CT molecular complexity index is 638. The van der Waals surface area contributed by atoms with Crippen molar-refractivity contribution in [2.75, 3.05) is 17.2 Å². The summed E-state index contributed by atoms with van der Waals surface area (Å²) >= 11 is 0. The van der Waals surface area contributed by atoms with Crippen LogP contribution in [0.25, 0.3) is 0 Å². The van der Waals surface area contributed by atoms with E-state index in [0.29, 0.717) is 17.8 Å². The van der Waals surface area contributed by atoms with Gasteiger partial charge >= 0.3 is 0 Å². The Morgan fingerprint density at radius 1 is 1.10 bits per heavy atom. The molecule has 2 aromatic carbocycles. The second-order valence-electron chi connectivity index (χ2n) is 4.75. The smallest absolute Gasteiger partial charge is 0.258 e. The number of nitrogens with two attached hydrogens (primary N) is 1. The lowest BCUT2D eigenvalue weighted by Crippen LogP contribution is -2.31. The molecule has 0 bridgehead atoms. The molecule has 0 unspecified atom stereocenters. The van der Waals surface area contributed by atoms with Gasteiger partial charge < -0.3 is 20.8 Å². The van der Waals surface area contributed by atoms with E-state index in [2.05, 4.69) is 0 Å². The molecule has 0 aliphatic carbocycles. The predicted molar refractivity (Wildman–Crippen MR) is 82.6 cm³/mol. The number of nitrogen functional groups attached to an aromatic ring is 1. The molecule has 2 aromatic rings. The van der Waals surface area contributed by atoms with Crippen LogP contribution in [0.3, 0.4) is 0 Å². The first kappa shape index (κ1) is 14.7. The number of hydrogen-bond donors (Lipinski definition) is 3. The van der Waals surface area contributed by atoms with E-state index in [4.69, 9.17) is 5.73 Å². The van der Waals surface area contributed by atoms with Crippen LogP contribution in [0.2, 0.25) is 0 Å². The Kier molecular flexibility index (Phi) is 4.33. The van der Waals surface area contributed by atoms with Gasteiger partial charge in [0, 0.05) is 23.5 Å². The molecule has 0 saturated heterocycles. The van der Waals surface area contributed by atoms with Gasteiger partial charge in [0.15, 0.2) is 11.5 Å². The minimum atomic E-state index is -0.311. The SMILES string of the molecule is CCCN(C(=O)c1ccc(O)c(O)c1)c1ccc(N)cc1. The third-order valence-electron chi connectivity index (χ3n) is 3.12. The standard InChI is InChI=1S/C16H18N2O3/c1-2-9-18(13-6-4-12(17)5-7-13)16(21)11-3-8-14(19)15(20)10-11/h3-8,10,19-20H,2,9,17H2,1H3. The molecule has 0 spiro atoms. The van der Waals surface area contributed by atoms with E-state index >= 15 is 0 Å². The van der Waals surface area contributed by atoms with Gasteiger partial charge in [0.2, 0.25) is 0 Å². The van der Waals surface area contributed by atoms with E-state index < -0.39 is 0 Å². The van der Waals surface area contributed by atoms with Gasteiger partial charge in [-0.2, -0.15) is 0 Å². The van der Waals surface area contributed by atoms with Crippen LogP contribution in [0, 0.1) is 0 Å². The number of phenolic OH excluding ortho intramolecular Hbond substituents is 2. The number of anilines is 2. The molecule has 4 N–H and O–H groups in total. The van der Waals surface area contributed by atoms with E-state index in [0.717, 1.165) is 12.1 Å². The van der Waals surface area contributed by atoms with Crippen LogP contribution in [-0.4, -0.2) is 22.7 Å². The van der Waals surface area contributed by atoms with Crippen LogP contribution < -0.4 is 10.6 Å². The lowest BCUT2D eigenvalue weighted by molar-refractivity contribution is 0.0986. The minimum Gasteiger partial charge on any atom is -0.504 e. The molecule has 1 amide bonds. The minimum absolute atomic E-state index is 0.239. The number of aromatic hydroxyl groups is 2. The van der Waals surface area contributed by atoms with Gasteiger partial charge in [-0.3, -0.25) is 4.79 Å². The Balaban J connectivity index is 2.34. The highest BCUT2D eigenvalue weighted by molar-refractivity contribution is 6.06. The number of amides is 1. The molecule has 0 heterocycles. The second kappa shape index (κ2) is 6.17. The lowest BCUT2D eigenvalue weighted by atomic mass is 10.1. The number of rotatable bonds is 4. The normalized spacial score (nSPS) is 10.3. The average Bonchev–Trinajstić information content (AvgIpc) is 2.48. The van der Waals surface area contributed by atoms with Crippen molar-refractivity contribution in [3.63, 3.8) is 0 Å². The van der Waals surface area contributed by atoms with Crippen molar-refractivity contribution < 1.29 is 15.0 Å². The number of phenols is 2. The molecular formula is C16H18N2O3. The Morgan fingerprint density at radius 2 is 1.76 bits per heavy atom. The van der Waals surface area contributed by atoms with Crippen molar-refractivity contribution in [3.8, 4) is 11.5 Å². The molecule has 0 aliphatic heterocycles. The van der Waals surface area contributed by atoms with Crippen molar-refractivity contribution in [2.45, 2.75) is 13.3 Å². The van der Waals surface area contributed by atoms with Crippen molar-refractivity contribution in [2.24, 2.45) is 0 Å². The first-order valence-electron chi connectivity index (χ1n) is 6.72. The molecule has 2 rings (SSSR count). The molecule has 0 aromatic heterocycles. The first-order valence-corrected chi connectivity index (χ1v) is 6.72. The van der Waals surface area contributed by atoms with Crippen LogP contribution in [0.5, 0.6) is 11.5 Å². The number of carbonyl (C=O) groups excluding carboxylic acids is 1. The molecular weight excluding hydrogens is 268 g/mol. The maximum absolute atomic E-state index is 12.6. The Hall–Kier alpha value is -2.69. The first-order chi connectivity index (χ1) is 10.0. The van der Waals surface area contributed by atoms with E-state index in [1.807, 2.05) is 6.92 Å². The fraction of sp³-hybridized carbons (Fsp3) is 0.188. The summed E-state index contributed by atoms with van der Waals surface area (Å²) in [4.78, 5) is 14.2. The van der Waals surface area contributed by atoms with Gasteiger partial charge in [-0.25, -0.2) is 0 Å². The summed E-state index contributed by atoms with van der Waals surface area (Å²) in [5, 5.41) is 18.9. The summed E-state index contributed by atoms with van der Waals surface area (Å²) in [5.74, 6) is -0.799. The van der Waals surface area contributed by atoms with Crippen molar-refractivity contribution in [3.05, 3.63) is 48.0 Å². The zero-order valence-electron chi connectivity index (χ0n) is 11.8. The molecule has 0 aliphatic rings. The molecule has 5 nitrogen and oxygen atoms in total. The van der Waals surface area contributed by atoms with Gasteiger partial charge in [0.25, 0.3) is 5.91 Å². The zero-order chi connectivity index (χ0) is 15.4. The summed E-state index contributed by atoms with van der Waals surface area (Å²) in [6, 6.07) is 11.1. The largest absolute Gasteiger partial charge is 0.504 e. The Morgan fingerprint density at radius 3 is 2.33 bits per heavy atom. The summed E-state index contributed by atoms with van der Waals surface area (Å²) in [6.45, 7) is 2.52. The maximum Gasteiger partial charge on any atom is 0.258 e. The highest BCUT2D eigenvalue weighted by Gasteiger charge is 2.18. The summed E-state index contributed by atoms with van der Waals surface area (Å²) in [5.41, 5.74) is 7.34. The van der Waals surface area contributed by atoms with Crippen LogP contribution in [0.4, 0.5) is 11.4 Å². The predicted octanol–water partition coefficient (Wildman–Crippen LogP) is 2.74. The number of nitrogens with zero attached hydrogens (tertiary/aromatic N) is 1. The number of carbonyl (C=O) groups is 1. The van der Waals surface area contributed by atoms with Crippen LogP contribution >= 0.6 is 0 Å². The van der Waals surface area contributed by atoms with Crippen LogP contribution in [-0.2, 0) is 0 Å². The highest BCUT2D eigenvalue weighted by Crippen LogP contribution is 2.27. The zero-order valence-corrected chi connectivity index (χ0v) is 11.8. The number of hydrogen-bond acceptors (Lipinski definition) is 4. The summed E-state index contributed by atoms with van der Waals surface area (Å²) in [6.07, 6.45) is 0.792. The number of benzene rings is 2. The van der Waals surface area contributed by atoms with Crippen molar-refractivity contribution >= 4 is 17.3 Å². The summed E-state index contributed by atoms with van der Waals surface area (Å²) < 4.78 is 0. The highest BCUT2D eigenvalue weighted by atomic mass is 16.3. The molecule has 0 fully saturated rings. The van der Waals surface area contributed by atoms with Gasteiger partial charge in [-0.05, 0) is 48.9 Å². The van der Waals surface area contributed by atoms with E-state index in [1.54, 1.807) is 29.2 Å². The van der Waals surface area contributed by atoms with Gasteiger partial charge in [0.1, 0.15) is 0 Å². The molecule has 110 valence electrons. The lowest BCUT2D eigenvalue weighted by Gasteiger charge is -2.22. The van der Waals surface area contributed by atoms with Crippen molar-refractivity contribution in [1.29, 1.82) is 0 Å². The van der Waals surface area contributed by atoms with E-state index in [-0.39, 0.29) is 17.4 Å². The van der Waals surface area contributed by atoms with Gasteiger partial charge in [-0.1, -0.05) is 6.92 Å². The van der Waals surface area contributed by atoms with Crippen molar-refractivity contribution in [1.82, 2.24) is 0 Å². The quantitative estimate of drug-likeness (QED) is 0.596. The van der Waals surface area contributed by atoms with Crippen LogP contribution in [0.1, 0.15) is 23.7 Å². The topological polar surface area (TPSA) is 86.8 Å². The average molecular weight is 286 g/mol. The molecule has 0 radical (unpaired) electrons. The summed E-state index contributed by atoms with van der Waals surface area (Å²) in [7, 11) is 0. The third kappa shape index (κ3) is 3.25. The molecule has 0 saturated carbocycles. The fourth-order valence-electron chi connectivity index (χ4n) is 2.04. The van der Waals surface area contributed by atoms with E-state index in [9.17, 15) is 15.0 Å². The second-order valence-corrected chi connectivity index (χ2v) is 4.75. The fourth-order valence-corrected chi connectivity index (χ4v) is 2.04. The monoisotopic (exact) mass is 286 g/mol. The van der Waals surface area contributed by atoms with Crippen LogP contribution in [0.15, 0.2) is 42.5 Å². The maximum atomic E-state index is 12.6. The molecule has 0 atom stereocenters. The Labute approximate surface area is 123 Å². The third-order valence-corrected chi connectivity index (χ3v) is 3.12. The van der Waals surface area contributed by atoms with Gasteiger partial charge in [-0.15, -0.1) is 0 Å².